The fraction of sp³-hybridized carbons (Fsp3) is 0.350. The summed E-state index contributed by atoms with van der Waals surface area (Å²) in [5.41, 5.74) is 2.47. The van der Waals surface area contributed by atoms with E-state index in [2.05, 4.69) is 15.4 Å². The number of hydrogen-bond donors (Lipinski definition) is 1. The van der Waals surface area contributed by atoms with E-state index in [1.807, 2.05) is 24.4 Å². The summed E-state index contributed by atoms with van der Waals surface area (Å²) >= 11 is 0. The molecule has 0 aromatic carbocycles. The lowest BCUT2D eigenvalue weighted by Crippen LogP contribution is -2.37. The minimum Gasteiger partial charge on any atom is -0.444 e. The van der Waals surface area contributed by atoms with Crippen molar-refractivity contribution in [1.29, 1.82) is 0 Å². The van der Waals surface area contributed by atoms with E-state index >= 15 is 0 Å². The number of hydrogen-bond acceptors (Lipinski definition) is 7. The van der Waals surface area contributed by atoms with Crippen LogP contribution in [0.2, 0.25) is 0 Å². The average molecular weight is 444 g/mol. The van der Waals surface area contributed by atoms with E-state index in [1.54, 1.807) is 21.5 Å². The molecule has 0 amide bonds. The van der Waals surface area contributed by atoms with Crippen molar-refractivity contribution >= 4 is 35.1 Å². The molecule has 1 aliphatic rings. The van der Waals surface area contributed by atoms with Crippen LogP contribution in [0, 0.1) is 0 Å². The Labute approximate surface area is 183 Å². The number of fused-ring (bicyclic) bond motifs is 2. The zero-order chi connectivity index (χ0) is 20.7. The smallest absolute Gasteiger partial charge is 0.333 e. The number of carbonyl (C=O) groups is 1. The van der Waals surface area contributed by atoms with Crippen LogP contribution < -0.4 is 11.0 Å². The van der Waals surface area contributed by atoms with E-state index in [-0.39, 0.29) is 30.9 Å². The molecule has 5 heterocycles. The number of esters is 1. The first-order valence-electron chi connectivity index (χ1n) is 9.88. The first-order valence-corrected chi connectivity index (χ1v) is 9.88. The predicted octanol–water partition coefficient (Wildman–Crippen LogP) is 1.77. The number of nitrogens with one attached hydrogen (secondary N) is 1. The Hall–Kier alpha value is -3.24. The molecule has 1 N–H and O–H groups in total. The maximum atomic E-state index is 13.2. The van der Waals surface area contributed by atoms with Gasteiger partial charge in [-0.25, -0.2) is 19.3 Å². The summed E-state index contributed by atoms with van der Waals surface area (Å²) in [4.78, 5) is 33.8. The van der Waals surface area contributed by atoms with Crippen molar-refractivity contribution in [2.75, 3.05) is 13.1 Å². The topological polar surface area (TPSA) is 108 Å². The highest BCUT2D eigenvalue weighted by atomic mass is 35.5. The molecule has 5 rings (SSSR count). The van der Waals surface area contributed by atoms with Gasteiger partial charge in [-0.15, -0.1) is 12.4 Å². The zero-order valence-electron chi connectivity index (χ0n) is 16.9. The Balaban J connectivity index is 0.00000231. The second kappa shape index (κ2) is 8.48. The number of piperidine rings is 1. The van der Waals surface area contributed by atoms with Crippen LogP contribution in [-0.2, 0) is 16.3 Å². The Morgan fingerprint density at radius 1 is 1.29 bits per heavy atom. The van der Waals surface area contributed by atoms with Gasteiger partial charge in [0.2, 0.25) is 0 Å². The molecule has 162 valence electrons. The van der Waals surface area contributed by atoms with Crippen LogP contribution in [0.3, 0.4) is 0 Å². The monoisotopic (exact) mass is 443 g/mol. The van der Waals surface area contributed by atoms with Crippen LogP contribution in [0.15, 0.2) is 41.6 Å². The van der Waals surface area contributed by atoms with Crippen LogP contribution in [0.4, 0.5) is 0 Å². The van der Waals surface area contributed by atoms with Gasteiger partial charge >= 0.3 is 11.7 Å². The van der Waals surface area contributed by atoms with E-state index in [9.17, 15) is 9.59 Å². The van der Waals surface area contributed by atoms with Gasteiger partial charge in [0.05, 0.1) is 29.5 Å². The Bertz CT molecular complexity index is 1300. The first kappa shape index (κ1) is 21.0. The molecule has 4 aromatic heterocycles. The Kier molecular flexibility index (Phi) is 5.75. The zero-order valence-corrected chi connectivity index (χ0v) is 17.7. The predicted molar refractivity (Wildman–Crippen MR) is 116 cm³/mol. The summed E-state index contributed by atoms with van der Waals surface area (Å²) in [6.45, 7) is 2.76. The molecule has 31 heavy (non-hydrogen) atoms. The van der Waals surface area contributed by atoms with Crippen LogP contribution >= 0.6 is 12.4 Å². The third-order valence-electron chi connectivity index (χ3n) is 5.41. The van der Waals surface area contributed by atoms with Gasteiger partial charge in [0.1, 0.15) is 5.52 Å². The molecular formula is C20H22ClN7O3. The molecule has 0 saturated carbocycles. The van der Waals surface area contributed by atoms with Crippen molar-refractivity contribution in [3.05, 3.63) is 47.3 Å². The third kappa shape index (κ3) is 3.68. The standard InChI is InChI=1S/C20H21N7O3.ClH/c1-13(28)30-12-25-17-11-22-18(15-10-23-26-8-3-2-6-16(15)26)24-19(17)27(20(25)29)14-5-4-7-21-9-14;/h2-3,6,8,10-11,14,21H,4-5,7,9,12H2,1H3;1H. The summed E-state index contributed by atoms with van der Waals surface area (Å²) in [5.74, 6) is 0.0388. The molecule has 0 spiro atoms. The number of pyridine rings is 1. The number of ether oxygens (including phenoxy) is 1. The molecular weight excluding hydrogens is 422 g/mol. The summed E-state index contributed by atoms with van der Waals surface area (Å²) in [6.07, 6.45) is 7.03. The maximum absolute atomic E-state index is 13.2. The van der Waals surface area contributed by atoms with Crippen LogP contribution in [0.25, 0.3) is 28.1 Å². The van der Waals surface area contributed by atoms with E-state index < -0.39 is 5.97 Å². The fourth-order valence-electron chi connectivity index (χ4n) is 3.96. The fourth-order valence-corrected chi connectivity index (χ4v) is 3.96. The summed E-state index contributed by atoms with van der Waals surface area (Å²) < 4.78 is 9.96. The summed E-state index contributed by atoms with van der Waals surface area (Å²) in [5, 5.41) is 7.69. The Morgan fingerprint density at radius 2 is 2.16 bits per heavy atom. The third-order valence-corrected chi connectivity index (χ3v) is 5.41. The first-order chi connectivity index (χ1) is 14.6. The molecule has 1 aliphatic heterocycles. The average Bonchev–Trinajstić information content (AvgIpc) is 3.31. The molecule has 1 unspecified atom stereocenters. The van der Waals surface area contributed by atoms with Gasteiger partial charge in [-0.1, -0.05) is 6.07 Å². The van der Waals surface area contributed by atoms with Crippen molar-refractivity contribution in [2.24, 2.45) is 0 Å². The number of halogens is 1. The highest BCUT2D eigenvalue weighted by Gasteiger charge is 2.25. The van der Waals surface area contributed by atoms with E-state index in [0.29, 0.717) is 23.5 Å². The molecule has 11 heteroatoms. The number of imidazole rings is 1. The molecule has 1 fully saturated rings. The van der Waals surface area contributed by atoms with Crippen molar-refractivity contribution in [3.8, 4) is 11.4 Å². The molecule has 0 aliphatic carbocycles. The minimum absolute atomic E-state index is 0. The second-order valence-electron chi connectivity index (χ2n) is 7.34. The molecule has 1 saturated heterocycles. The van der Waals surface area contributed by atoms with E-state index in [0.717, 1.165) is 30.5 Å². The van der Waals surface area contributed by atoms with Gasteiger partial charge in [-0.2, -0.15) is 5.10 Å². The van der Waals surface area contributed by atoms with Gasteiger partial charge in [-0.05, 0) is 31.5 Å². The lowest BCUT2D eigenvalue weighted by atomic mass is 10.1. The van der Waals surface area contributed by atoms with Gasteiger partial charge in [0.25, 0.3) is 0 Å². The van der Waals surface area contributed by atoms with Gasteiger partial charge in [-0.3, -0.25) is 13.9 Å². The van der Waals surface area contributed by atoms with Gasteiger partial charge in [0.15, 0.2) is 18.2 Å². The maximum Gasteiger partial charge on any atom is 0.333 e. The second-order valence-corrected chi connectivity index (χ2v) is 7.34. The van der Waals surface area contributed by atoms with E-state index in [1.165, 1.54) is 11.5 Å². The largest absolute Gasteiger partial charge is 0.444 e. The SMILES string of the molecule is CC(=O)OCn1c(=O)n(C2CCCNC2)c2nc(-c3cnn4ccccc34)ncc21.Cl. The lowest BCUT2D eigenvalue weighted by Gasteiger charge is -2.23. The lowest BCUT2D eigenvalue weighted by molar-refractivity contribution is -0.144. The number of rotatable bonds is 4. The molecule has 1 atom stereocenters. The van der Waals surface area contributed by atoms with Crippen molar-refractivity contribution < 1.29 is 9.53 Å². The quantitative estimate of drug-likeness (QED) is 0.479. The summed E-state index contributed by atoms with van der Waals surface area (Å²) in [6, 6.07) is 5.74. The molecule has 0 radical (unpaired) electrons. The highest BCUT2D eigenvalue weighted by molar-refractivity contribution is 5.85. The van der Waals surface area contributed by atoms with Crippen LogP contribution in [0.5, 0.6) is 0 Å². The van der Waals surface area contributed by atoms with Crippen LogP contribution in [-0.4, -0.2) is 47.8 Å². The molecule has 4 aromatic rings. The number of aromatic nitrogens is 6. The van der Waals surface area contributed by atoms with Crippen LogP contribution in [0.1, 0.15) is 25.8 Å². The molecule has 10 nitrogen and oxygen atoms in total. The molecule has 0 bridgehead atoms. The highest BCUT2D eigenvalue weighted by Crippen LogP contribution is 2.25. The van der Waals surface area contributed by atoms with Gasteiger partial charge < -0.3 is 10.1 Å². The summed E-state index contributed by atoms with van der Waals surface area (Å²) in [7, 11) is 0. The Morgan fingerprint density at radius 3 is 2.94 bits per heavy atom. The van der Waals surface area contributed by atoms with Crippen molar-refractivity contribution in [2.45, 2.75) is 32.5 Å². The van der Waals surface area contributed by atoms with Gasteiger partial charge in [0, 0.05) is 19.7 Å². The van der Waals surface area contributed by atoms with Crippen molar-refractivity contribution in [3.63, 3.8) is 0 Å². The number of carbonyl (C=O) groups excluding carboxylic acids is 1. The van der Waals surface area contributed by atoms with Crippen molar-refractivity contribution in [1.82, 2.24) is 34.0 Å². The minimum atomic E-state index is -0.453. The normalized spacial score (nSPS) is 16.4. The van der Waals surface area contributed by atoms with E-state index in [4.69, 9.17) is 9.72 Å². The number of nitrogens with zero attached hydrogens (tertiary/aromatic N) is 6.